The lowest BCUT2D eigenvalue weighted by Crippen LogP contribution is -2.55. The van der Waals surface area contributed by atoms with Gasteiger partial charge in [-0.25, -0.2) is 18.8 Å². The smallest absolute Gasteiger partial charge is 0.245 e. The van der Waals surface area contributed by atoms with Gasteiger partial charge >= 0.3 is 0 Å². The number of aliphatic hydroxyl groups is 2. The van der Waals surface area contributed by atoms with E-state index in [1.165, 1.54) is 16.1 Å². The predicted molar refractivity (Wildman–Crippen MR) is 137 cm³/mol. The van der Waals surface area contributed by atoms with Gasteiger partial charge in [0.25, 0.3) is 0 Å². The van der Waals surface area contributed by atoms with Gasteiger partial charge in [0.05, 0.1) is 23.7 Å². The zero-order valence-corrected chi connectivity index (χ0v) is 21.6. The third kappa shape index (κ3) is 4.63. The molecular weight excluding hydrogens is 496 g/mol. The summed E-state index contributed by atoms with van der Waals surface area (Å²) in [6.45, 7) is 4.92. The number of fused-ring (bicyclic) bond motifs is 1. The molecule has 2 aromatic rings. The van der Waals surface area contributed by atoms with Crippen LogP contribution in [0, 0.1) is 11.6 Å². The molecule has 0 radical (unpaired) electrons. The lowest BCUT2D eigenvalue weighted by molar-refractivity contribution is 0.0440. The Morgan fingerprint density at radius 3 is 2.58 bits per heavy atom. The Morgan fingerprint density at radius 1 is 1.08 bits per heavy atom. The Kier molecular flexibility index (Phi) is 6.11. The number of benzene rings is 1. The third-order valence-electron chi connectivity index (χ3n) is 8.01. The van der Waals surface area contributed by atoms with Gasteiger partial charge in [0.1, 0.15) is 5.82 Å². The molecule has 4 N–H and O–H groups in total. The number of hydrogen-bond acceptors (Lipinski definition) is 11. The minimum atomic E-state index is -1.11. The summed E-state index contributed by atoms with van der Waals surface area (Å²) in [5.41, 5.74) is 1.20. The molecule has 3 aliphatic heterocycles. The topological polar surface area (TPSA) is 125 Å². The summed E-state index contributed by atoms with van der Waals surface area (Å²) in [6.07, 6.45) is 3.67. The summed E-state index contributed by atoms with van der Waals surface area (Å²) in [5.74, 6) is -0.846. The van der Waals surface area contributed by atoms with Crippen molar-refractivity contribution in [3.63, 3.8) is 0 Å². The Bertz CT molecular complexity index is 1260. The molecule has 3 fully saturated rings. The van der Waals surface area contributed by atoms with E-state index in [1.54, 1.807) is 13.1 Å². The summed E-state index contributed by atoms with van der Waals surface area (Å²) < 4.78 is 29.9. The number of nitrogens with zero attached hydrogens (tertiary/aromatic N) is 7. The quantitative estimate of drug-likeness (QED) is 0.445. The first-order chi connectivity index (χ1) is 18.1. The highest BCUT2D eigenvalue weighted by molar-refractivity contribution is 5.68. The highest BCUT2D eigenvalue weighted by atomic mass is 19.1. The number of β-amino-alcohol motifs (C(OH)–C–C–N with tert-alkyl or cyclic N) is 1. The van der Waals surface area contributed by atoms with Crippen LogP contribution in [0.1, 0.15) is 57.4 Å². The van der Waals surface area contributed by atoms with Crippen molar-refractivity contribution < 1.29 is 19.0 Å². The minimum absolute atomic E-state index is 0.0339. The number of halogens is 2. The predicted octanol–water partition coefficient (Wildman–Crippen LogP) is 3.47. The van der Waals surface area contributed by atoms with Crippen LogP contribution in [0.5, 0.6) is 0 Å². The van der Waals surface area contributed by atoms with Crippen LogP contribution in [0.4, 0.5) is 31.9 Å². The molecule has 1 aromatic heterocycles. The van der Waals surface area contributed by atoms with Crippen molar-refractivity contribution in [1.82, 2.24) is 19.9 Å². The van der Waals surface area contributed by atoms with Crippen LogP contribution in [0.2, 0.25) is 0 Å². The van der Waals surface area contributed by atoms with E-state index >= 15 is 4.39 Å². The van der Waals surface area contributed by atoms with Crippen molar-refractivity contribution in [3.8, 4) is 0 Å². The molecule has 38 heavy (non-hydrogen) atoms. The van der Waals surface area contributed by atoms with Crippen molar-refractivity contribution in [1.29, 1.82) is 0 Å². The first-order valence-electron chi connectivity index (χ1n) is 13.0. The van der Waals surface area contributed by atoms with Crippen LogP contribution in [0.25, 0.3) is 0 Å². The van der Waals surface area contributed by atoms with E-state index in [2.05, 4.69) is 49.8 Å². The summed E-state index contributed by atoms with van der Waals surface area (Å²) in [5, 5.41) is 37.3. The third-order valence-corrected chi connectivity index (χ3v) is 8.01. The number of hydrogen-bond donors (Lipinski definition) is 4. The number of piperidine rings is 1. The first kappa shape index (κ1) is 25.1. The summed E-state index contributed by atoms with van der Waals surface area (Å²) in [6, 6.07) is 3.15. The average molecular weight is 530 g/mol. The van der Waals surface area contributed by atoms with Gasteiger partial charge in [-0.3, -0.25) is 4.90 Å². The lowest BCUT2D eigenvalue weighted by Gasteiger charge is -2.47. The second-order valence-electron chi connectivity index (χ2n) is 11.4. The van der Waals surface area contributed by atoms with Crippen molar-refractivity contribution >= 4 is 23.1 Å². The van der Waals surface area contributed by atoms with Crippen LogP contribution in [0.15, 0.2) is 28.8 Å². The van der Waals surface area contributed by atoms with Gasteiger partial charge in [0.2, 0.25) is 12.3 Å². The molecule has 4 unspecified atom stereocenters. The largest absolute Gasteiger partial charge is 0.392 e. The van der Waals surface area contributed by atoms with Gasteiger partial charge < -0.3 is 20.8 Å². The molecular formula is C25H33F2N9O2. The van der Waals surface area contributed by atoms with E-state index in [0.717, 1.165) is 37.4 Å². The molecule has 4 aliphatic rings. The minimum Gasteiger partial charge on any atom is -0.392 e. The van der Waals surface area contributed by atoms with Crippen molar-refractivity contribution in [2.24, 2.45) is 10.4 Å². The van der Waals surface area contributed by atoms with Crippen LogP contribution < -0.4 is 15.6 Å². The van der Waals surface area contributed by atoms with E-state index in [0.29, 0.717) is 18.7 Å². The fraction of sp³-hybridized carbons (Fsp3) is 0.600. The maximum absolute atomic E-state index is 15.2. The molecule has 11 nitrogen and oxygen atoms in total. The molecule has 204 valence electrons. The van der Waals surface area contributed by atoms with Gasteiger partial charge in [0.15, 0.2) is 11.6 Å². The van der Waals surface area contributed by atoms with E-state index in [4.69, 9.17) is 0 Å². The van der Waals surface area contributed by atoms with Crippen molar-refractivity contribution in [2.45, 2.75) is 81.9 Å². The van der Waals surface area contributed by atoms with Crippen LogP contribution in [-0.4, -0.2) is 73.8 Å². The van der Waals surface area contributed by atoms with E-state index in [9.17, 15) is 14.6 Å². The van der Waals surface area contributed by atoms with E-state index in [1.807, 2.05) is 0 Å². The second-order valence-corrected chi connectivity index (χ2v) is 11.4. The monoisotopic (exact) mass is 529 g/mol. The van der Waals surface area contributed by atoms with Crippen LogP contribution in [0.3, 0.4) is 0 Å². The molecule has 0 bridgehead atoms. The number of rotatable bonds is 6. The Hall–Kier alpha value is -3.16. The standard InChI is InChI=1S/C25H33F2N9O2/c1-25(2)10-14(6-15-7-16(37)12-35(15)25)29-22-19(27)11-28-23(31-22)30-20-9-21(36-24(38)34(3)32-33-36)17(8-18(20)26)13-4-5-13/h8-9,11,13-16,24,37-38H,4-7,10,12H2,1-3H3,(H2,28,29,30,31). The zero-order chi connectivity index (χ0) is 26.8. The number of aromatic nitrogens is 2. The maximum atomic E-state index is 15.2. The molecule has 1 aromatic carbocycles. The van der Waals surface area contributed by atoms with Crippen LogP contribution in [-0.2, 0) is 0 Å². The number of anilines is 4. The molecule has 1 aliphatic carbocycles. The second kappa shape index (κ2) is 9.24. The van der Waals surface area contributed by atoms with Crippen molar-refractivity contribution in [2.75, 3.05) is 29.2 Å². The number of aliphatic hydroxyl groups excluding tert-OH is 2. The van der Waals surface area contributed by atoms with E-state index in [-0.39, 0.29) is 47.1 Å². The SMILES string of the molecule is CN1N=NN(c2cc(Nc3ncc(F)c(NC4CC5CC(O)CN5C(C)(C)C4)n3)c(F)cc2C2CC2)C1O. The van der Waals surface area contributed by atoms with Gasteiger partial charge in [-0.05, 0) is 80.0 Å². The maximum Gasteiger partial charge on any atom is 0.245 e. The normalized spacial score (nSPS) is 28.6. The molecule has 4 heterocycles. The molecule has 13 heteroatoms. The Morgan fingerprint density at radius 2 is 1.87 bits per heavy atom. The van der Waals surface area contributed by atoms with Gasteiger partial charge in [0, 0.05) is 31.2 Å². The lowest BCUT2D eigenvalue weighted by atomic mass is 9.84. The highest BCUT2D eigenvalue weighted by Crippen LogP contribution is 2.47. The molecule has 4 atom stereocenters. The Labute approximate surface area is 219 Å². The zero-order valence-electron chi connectivity index (χ0n) is 21.6. The Balaban J connectivity index is 1.24. The molecule has 0 spiro atoms. The van der Waals surface area contributed by atoms with Crippen molar-refractivity contribution in [3.05, 3.63) is 35.5 Å². The molecule has 2 saturated heterocycles. The molecule has 0 amide bonds. The van der Waals surface area contributed by atoms with Gasteiger partial charge in [-0.15, -0.1) is 0 Å². The van der Waals surface area contributed by atoms with E-state index < -0.39 is 18.0 Å². The molecule has 1 saturated carbocycles. The fourth-order valence-corrected chi connectivity index (χ4v) is 6.06. The number of nitrogens with one attached hydrogen (secondary N) is 2. The van der Waals surface area contributed by atoms with Gasteiger partial charge in [-0.2, -0.15) is 9.99 Å². The fourth-order valence-electron chi connectivity index (χ4n) is 6.06. The highest BCUT2D eigenvalue weighted by Gasteiger charge is 2.45. The summed E-state index contributed by atoms with van der Waals surface area (Å²) >= 11 is 0. The molecule has 6 rings (SSSR count). The van der Waals surface area contributed by atoms with Crippen LogP contribution >= 0.6 is 0 Å². The summed E-state index contributed by atoms with van der Waals surface area (Å²) in [4.78, 5) is 10.7. The first-order valence-corrected chi connectivity index (χ1v) is 13.0. The summed E-state index contributed by atoms with van der Waals surface area (Å²) in [7, 11) is 1.59. The van der Waals surface area contributed by atoms with Gasteiger partial charge in [-0.1, -0.05) is 0 Å². The average Bonchev–Trinajstić information content (AvgIpc) is 3.55.